The number of benzene rings is 2. The number of anilines is 5. The highest BCUT2D eigenvalue weighted by atomic mass is 16.5. The van der Waals surface area contributed by atoms with E-state index in [0.29, 0.717) is 41.3 Å². The third kappa shape index (κ3) is 6.06. The zero-order chi connectivity index (χ0) is 31.4. The molecule has 3 aromatic rings. The summed E-state index contributed by atoms with van der Waals surface area (Å²) in [5.41, 5.74) is 13.6. The maximum absolute atomic E-state index is 13.0. The van der Waals surface area contributed by atoms with Gasteiger partial charge < -0.3 is 37.1 Å². The molecule has 0 bridgehead atoms. The second kappa shape index (κ2) is 12.6. The number of fused-ring (bicyclic) bond motifs is 2. The first-order valence-corrected chi connectivity index (χ1v) is 13.8. The number of ether oxygens (including phenoxy) is 1. The molecule has 0 fully saturated rings. The lowest BCUT2D eigenvalue weighted by Crippen LogP contribution is -2.43. The van der Waals surface area contributed by atoms with Gasteiger partial charge in [0.2, 0.25) is 12.4 Å². The lowest BCUT2D eigenvalue weighted by Gasteiger charge is -2.31. The van der Waals surface area contributed by atoms with Gasteiger partial charge in [-0.2, -0.15) is 9.97 Å². The van der Waals surface area contributed by atoms with Crippen LogP contribution in [0.1, 0.15) is 43.9 Å². The molecule has 0 radical (unpaired) electrons. The summed E-state index contributed by atoms with van der Waals surface area (Å²) in [4.78, 5) is 73.3. The molecular weight excluding hydrogens is 570 g/mol. The Bertz CT molecular complexity index is 1580. The highest BCUT2D eigenvalue weighted by molar-refractivity contribution is 6.21. The highest BCUT2D eigenvalue weighted by Gasteiger charge is 2.35. The summed E-state index contributed by atoms with van der Waals surface area (Å²) in [6.45, 7) is 0.787. The fourth-order valence-corrected chi connectivity index (χ4v) is 5.13. The Labute approximate surface area is 251 Å². The van der Waals surface area contributed by atoms with Crippen LogP contribution in [0.3, 0.4) is 0 Å². The molecule has 228 valence electrons. The second-order valence-corrected chi connectivity index (χ2v) is 10.2. The maximum atomic E-state index is 13.0. The first kappa shape index (κ1) is 29.8. The summed E-state index contributed by atoms with van der Waals surface area (Å²) in [5, 5.41) is 9.01. The molecule has 1 aromatic heterocycles. The normalized spacial score (nSPS) is 15.8. The van der Waals surface area contributed by atoms with Crippen LogP contribution in [-0.2, 0) is 14.3 Å². The van der Waals surface area contributed by atoms with E-state index >= 15 is 0 Å². The summed E-state index contributed by atoms with van der Waals surface area (Å²) in [6, 6.07) is 11.6. The van der Waals surface area contributed by atoms with Crippen molar-refractivity contribution in [2.75, 3.05) is 53.7 Å². The fourth-order valence-electron chi connectivity index (χ4n) is 5.13. The van der Waals surface area contributed by atoms with Gasteiger partial charge in [0.25, 0.3) is 17.7 Å². The van der Waals surface area contributed by atoms with Gasteiger partial charge in [-0.05, 0) is 49.2 Å². The van der Waals surface area contributed by atoms with E-state index in [1.54, 1.807) is 36.4 Å². The largest absolute Gasteiger partial charge is 0.467 e. The highest BCUT2D eigenvalue weighted by Crippen LogP contribution is 2.30. The van der Waals surface area contributed by atoms with Crippen LogP contribution >= 0.6 is 0 Å². The minimum Gasteiger partial charge on any atom is -0.467 e. The van der Waals surface area contributed by atoms with Gasteiger partial charge in [0.1, 0.15) is 11.7 Å². The van der Waals surface area contributed by atoms with Gasteiger partial charge >= 0.3 is 5.97 Å². The Balaban J connectivity index is 1.17. The van der Waals surface area contributed by atoms with Crippen LogP contribution in [0.5, 0.6) is 0 Å². The predicted molar refractivity (Wildman–Crippen MR) is 161 cm³/mol. The number of aromatic nitrogens is 2. The minimum atomic E-state index is -1.01. The third-order valence-electron chi connectivity index (χ3n) is 7.37. The fraction of sp³-hybridized carbons (Fsp3) is 0.276. The number of rotatable bonds is 11. The van der Waals surface area contributed by atoms with E-state index in [0.717, 1.165) is 4.90 Å². The molecular formula is C29H31N9O6. The van der Waals surface area contributed by atoms with E-state index in [9.17, 15) is 24.0 Å². The van der Waals surface area contributed by atoms with Gasteiger partial charge in [0.05, 0.1) is 24.3 Å². The Morgan fingerprint density at radius 2 is 1.80 bits per heavy atom. The van der Waals surface area contributed by atoms with Crippen LogP contribution in [0.15, 0.2) is 48.5 Å². The molecule has 44 heavy (non-hydrogen) atoms. The number of nitrogens with one attached hydrogen (secondary N) is 3. The zero-order valence-corrected chi connectivity index (χ0v) is 23.8. The lowest BCUT2D eigenvalue weighted by atomic mass is 10.1. The summed E-state index contributed by atoms with van der Waals surface area (Å²) >= 11 is 0. The molecule has 3 heterocycles. The summed E-state index contributed by atoms with van der Waals surface area (Å²) < 4.78 is 4.86. The average molecular weight is 602 g/mol. The first-order chi connectivity index (χ1) is 21.2. The maximum Gasteiger partial charge on any atom is 0.328 e. The van der Waals surface area contributed by atoms with Crippen molar-refractivity contribution in [3.05, 3.63) is 65.2 Å². The summed E-state index contributed by atoms with van der Waals surface area (Å²) in [7, 11) is 1.21. The van der Waals surface area contributed by atoms with Crippen molar-refractivity contribution in [3.63, 3.8) is 0 Å². The van der Waals surface area contributed by atoms with E-state index in [-0.39, 0.29) is 49.3 Å². The van der Waals surface area contributed by atoms with Gasteiger partial charge in [0.15, 0.2) is 11.6 Å². The van der Waals surface area contributed by atoms with Crippen LogP contribution in [0.25, 0.3) is 0 Å². The molecule has 0 spiro atoms. The number of nitrogens with two attached hydrogens (primary N) is 2. The van der Waals surface area contributed by atoms with Gasteiger partial charge in [-0.1, -0.05) is 12.1 Å². The number of hydrogen-bond acceptors (Lipinski definition) is 12. The minimum absolute atomic E-state index is 0.0481. The quantitative estimate of drug-likeness (QED) is 0.118. The lowest BCUT2D eigenvalue weighted by molar-refractivity contribution is -0.143. The number of hydrogen-bond donors (Lipinski definition) is 5. The van der Waals surface area contributed by atoms with Gasteiger partial charge in [0, 0.05) is 30.9 Å². The third-order valence-corrected chi connectivity index (χ3v) is 7.37. The van der Waals surface area contributed by atoms with Crippen molar-refractivity contribution in [3.8, 4) is 0 Å². The Morgan fingerprint density at radius 3 is 2.43 bits per heavy atom. The van der Waals surface area contributed by atoms with Crippen molar-refractivity contribution in [1.82, 2.24) is 20.2 Å². The molecule has 2 atom stereocenters. The number of imide groups is 1. The Kier molecular flexibility index (Phi) is 8.55. The smallest absolute Gasteiger partial charge is 0.328 e. The van der Waals surface area contributed by atoms with Crippen molar-refractivity contribution < 1.29 is 28.7 Å². The second-order valence-electron chi connectivity index (χ2n) is 10.2. The number of nitrogens with zero attached hydrogens (tertiary/aromatic N) is 4. The molecule has 5 rings (SSSR count). The number of esters is 1. The SMILES string of the molecule is COC(=O)C(CCCN1C(=O)c2ccccc2C1=O)NC(=O)c1ccc(N(C=O)CC2CNc3nc(N)nc(N)c3N2)cc1. The molecule has 2 aliphatic rings. The van der Waals surface area contributed by atoms with E-state index in [1.807, 2.05) is 0 Å². The average Bonchev–Trinajstić information content (AvgIpc) is 3.27. The van der Waals surface area contributed by atoms with Crippen molar-refractivity contribution in [2.45, 2.75) is 24.9 Å². The summed E-state index contributed by atoms with van der Waals surface area (Å²) in [6.07, 6.45) is 1.08. The van der Waals surface area contributed by atoms with Gasteiger partial charge in [-0.3, -0.25) is 24.1 Å². The number of amides is 4. The van der Waals surface area contributed by atoms with Gasteiger partial charge in [-0.15, -0.1) is 0 Å². The number of carbonyl (C=O) groups is 5. The standard InChI is InChI=1S/C29H31N9O6/c1-44-28(43)21(7-4-12-38-26(41)19-5-2-3-6-20(19)27(38)42)34-25(40)16-8-10-18(11-9-16)37(15-39)14-17-13-32-24-22(33-17)23(30)35-29(31)36-24/h2-3,5-6,8-11,15,17,21,33H,4,7,12-14H2,1H3,(H,34,40)(H5,30,31,32,35,36). The number of nitrogen functional groups attached to an aromatic ring is 2. The Morgan fingerprint density at radius 1 is 1.11 bits per heavy atom. The van der Waals surface area contributed by atoms with Crippen LogP contribution in [0.4, 0.5) is 29.0 Å². The summed E-state index contributed by atoms with van der Waals surface area (Å²) in [5.74, 6) is -1.26. The van der Waals surface area contributed by atoms with Gasteiger partial charge in [-0.25, -0.2) is 4.79 Å². The first-order valence-electron chi connectivity index (χ1n) is 13.8. The molecule has 0 saturated carbocycles. The number of methoxy groups -OCH3 is 1. The van der Waals surface area contributed by atoms with E-state index in [1.165, 1.54) is 24.1 Å². The molecule has 2 aliphatic heterocycles. The van der Waals surface area contributed by atoms with Crippen LogP contribution in [0, 0.1) is 0 Å². The number of carbonyl (C=O) groups excluding carboxylic acids is 5. The molecule has 7 N–H and O–H groups in total. The Hall–Kier alpha value is -5.73. The van der Waals surface area contributed by atoms with Crippen molar-refractivity contribution >= 4 is 59.1 Å². The van der Waals surface area contributed by atoms with E-state index in [2.05, 4.69) is 25.9 Å². The van der Waals surface area contributed by atoms with Crippen LogP contribution in [0.2, 0.25) is 0 Å². The van der Waals surface area contributed by atoms with E-state index < -0.39 is 29.7 Å². The van der Waals surface area contributed by atoms with Crippen LogP contribution < -0.4 is 32.3 Å². The van der Waals surface area contributed by atoms with Crippen LogP contribution in [-0.4, -0.2) is 83.8 Å². The molecule has 0 saturated heterocycles. The molecule has 15 nitrogen and oxygen atoms in total. The monoisotopic (exact) mass is 601 g/mol. The topological polar surface area (TPSA) is 215 Å². The molecule has 2 unspecified atom stereocenters. The molecule has 4 amide bonds. The molecule has 0 aliphatic carbocycles. The molecule has 2 aromatic carbocycles. The van der Waals surface area contributed by atoms with Crippen molar-refractivity contribution in [1.29, 1.82) is 0 Å². The van der Waals surface area contributed by atoms with E-state index in [4.69, 9.17) is 16.2 Å². The van der Waals surface area contributed by atoms with Crippen molar-refractivity contribution in [2.24, 2.45) is 0 Å². The zero-order valence-electron chi connectivity index (χ0n) is 23.8. The predicted octanol–water partition coefficient (Wildman–Crippen LogP) is 0.858. The molecule has 15 heteroatoms.